The summed E-state index contributed by atoms with van der Waals surface area (Å²) in [5.41, 5.74) is 1.04. The average Bonchev–Trinajstić information content (AvgIpc) is 3.10. The number of aromatic nitrogens is 4. The molecule has 1 N–H and O–H groups in total. The van der Waals surface area contributed by atoms with E-state index >= 15 is 0 Å². The molecule has 8 nitrogen and oxygen atoms in total. The van der Waals surface area contributed by atoms with Crippen LogP contribution < -0.4 is 10.1 Å². The fourth-order valence-corrected chi connectivity index (χ4v) is 3.65. The van der Waals surface area contributed by atoms with Gasteiger partial charge in [0.2, 0.25) is 11.8 Å². The van der Waals surface area contributed by atoms with Crippen LogP contribution in [0.25, 0.3) is 0 Å². The molecule has 1 saturated carbocycles. The van der Waals surface area contributed by atoms with Gasteiger partial charge in [0.15, 0.2) is 0 Å². The highest BCUT2D eigenvalue weighted by Gasteiger charge is 2.25. The highest BCUT2D eigenvalue weighted by atomic mass is 19.3. The minimum Gasteiger partial charge on any atom is -0.475 e. The van der Waals surface area contributed by atoms with Gasteiger partial charge in [0.1, 0.15) is 0 Å². The zero-order valence-electron chi connectivity index (χ0n) is 18.5. The van der Waals surface area contributed by atoms with Crippen molar-refractivity contribution in [3.05, 3.63) is 23.9 Å². The van der Waals surface area contributed by atoms with Crippen LogP contribution in [0.4, 0.5) is 24.8 Å². The second kappa shape index (κ2) is 10.3. The lowest BCUT2D eigenvalue weighted by Crippen LogP contribution is -2.30. The molecule has 1 aliphatic rings. The van der Waals surface area contributed by atoms with Gasteiger partial charge in [-0.3, -0.25) is 9.67 Å². The second-order valence-electron chi connectivity index (χ2n) is 8.59. The summed E-state index contributed by atoms with van der Waals surface area (Å²) in [6.45, 7) is 7.35. The lowest BCUT2D eigenvalue weighted by Gasteiger charge is -2.28. The largest absolute Gasteiger partial charge is 0.475 e. The Balaban J connectivity index is 1.61. The van der Waals surface area contributed by atoms with Crippen LogP contribution in [-0.2, 0) is 10.3 Å². The van der Waals surface area contributed by atoms with Crippen LogP contribution in [0.15, 0.2) is 17.4 Å². The van der Waals surface area contributed by atoms with E-state index < -0.39 is 18.5 Å². The van der Waals surface area contributed by atoms with Crippen molar-refractivity contribution in [3.8, 4) is 5.88 Å². The Labute approximate surface area is 185 Å². The number of anilines is 2. The molecular weight excluding hydrogens is 425 g/mol. The summed E-state index contributed by atoms with van der Waals surface area (Å²) in [6, 6.07) is 0. The van der Waals surface area contributed by atoms with Crippen molar-refractivity contribution in [2.75, 3.05) is 18.5 Å². The number of hydrogen-bond acceptors (Lipinski definition) is 7. The van der Waals surface area contributed by atoms with Gasteiger partial charge >= 0.3 is 6.61 Å². The molecule has 0 radical (unpaired) electrons. The fourth-order valence-electron chi connectivity index (χ4n) is 3.65. The molecule has 0 saturated heterocycles. The van der Waals surface area contributed by atoms with Crippen molar-refractivity contribution in [3.63, 3.8) is 0 Å². The van der Waals surface area contributed by atoms with Gasteiger partial charge in [-0.2, -0.15) is 23.3 Å². The third-order valence-corrected chi connectivity index (χ3v) is 5.52. The van der Waals surface area contributed by atoms with Gasteiger partial charge in [-0.25, -0.2) is 4.98 Å². The van der Waals surface area contributed by atoms with Crippen LogP contribution in [-0.4, -0.2) is 52.3 Å². The highest BCUT2D eigenvalue weighted by molar-refractivity contribution is 5.55. The third kappa shape index (κ3) is 6.18. The first kappa shape index (κ1) is 24.0. The van der Waals surface area contributed by atoms with E-state index in [1.165, 1.54) is 0 Å². The zero-order valence-corrected chi connectivity index (χ0v) is 18.5. The SMILES string of the molecule is C=NCC(C)(C)n1cc(Nc2ncc(F)c(OC[C@H]3CC[C@H](OC(F)F)CC3)n2)c(C)n1. The summed E-state index contributed by atoms with van der Waals surface area (Å²) in [6.07, 6.45) is 4.81. The molecule has 0 atom stereocenters. The van der Waals surface area contributed by atoms with E-state index in [0.717, 1.165) is 11.9 Å². The molecule has 1 fully saturated rings. The van der Waals surface area contributed by atoms with Crippen LogP contribution in [0.3, 0.4) is 0 Å². The monoisotopic (exact) mass is 454 g/mol. The van der Waals surface area contributed by atoms with E-state index in [4.69, 9.17) is 4.74 Å². The second-order valence-corrected chi connectivity index (χ2v) is 8.59. The highest BCUT2D eigenvalue weighted by Crippen LogP contribution is 2.29. The predicted molar refractivity (Wildman–Crippen MR) is 114 cm³/mol. The smallest absolute Gasteiger partial charge is 0.345 e. The summed E-state index contributed by atoms with van der Waals surface area (Å²) >= 11 is 0. The molecule has 32 heavy (non-hydrogen) atoms. The van der Waals surface area contributed by atoms with Gasteiger partial charge < -0.3 is 14.8 Å². The van der Waals surface area contributed by atoms with Crippen molar-refractivity contribution in [1.29, 1.82) is 0 Å². The van der Waals surface area contributed by atoms with Crippen molar-refractivity contribution >= 4 is 18.4 Å². The average molecular weight is 454 g/mol. The number of alkyl halides is 2. The first-order valence-corrected chi connectivity index (χ1v) is 10.5. The first-order chi connectivity index (χ1) is 15.2. The number of halogens is 3. The molecule has 3 rings (SSSR count). The van der Waals surface area contributed by atoms with Gasteiger partial charge in [0.25, 0.3) is 5.88 Å². The summed E-state index contributed by atoms with van der Waals surface area (Å²) in [5, 5.41) is 7.56. The molecule has 11 heteroatoms. The molecule has 0 unspecified atom stereocenters. The van der Waals surface area contributed by atoms with Gasteiger partial charge in [-0.1, -0.05) is 0 Å². The molecule has 2 aromatic heterocycles. The van der Waals surface area contributed by atoms with Crippen LogP contribution in [0.5, 0.6) is 5.88 Å². The molecular formula is C21H29F3N6O2. The maximum atomic E-state index is 14.2. The molecule has 2 heterocycles. The topological polar surface area (TPSA) is 86.5 Å². The van der Waals surface area contributed by atoms with Crippen LogP contribution >= 0.6 is 0 Å². The predicted octanol–water partition coefficient (Wildman–Crippen LogP) is 4.48. The lowest BCUT2D eigenvalue weighted by atomic mass is 9.88. The normalized spacial score (nSPS) is 19.2. The van der Waals surface area contributed by atoms with Crippen molar-refractivity contribution < 1.29 is 22.6 Å². The summed E-state index contributed by atoms with van der Waals surface area (Å²) in [7, 11) is 0. The number of hydrogen-bond donors (Lipinski definition) is 1. The Morgan fingerprint density at radius 3 is 2.69 bits per heavy atom. The summed E-state index contributed by atoms with van der Waals surface area (Å²) < 4.78 is 50.8. The van der Waals surface area contributed by atoms with E-state index in [1.54, 1.807) is 4.68 Å². The van der Waals surface area contributed by atoms with E-state index in [9.17, 15) is 13.2 Å². The molecule has 0 bridgehead atoms. The zero-order chi connectivity index (χ0) is 23.3. The maximum absolute atomic E-state index is 14.2. The van der Waals surface area contributed by atoms with E-state index in [1.807, 2.05) is 27.0 Å². The van der Waals surface area contributed by atoms with E-state index in [0.29, 0.717) is 37.9 Å². The van der Waals surface area contributed by atoms with Crippen molar-refractivity contribution in [2.24, 2.45) is 10.9 Å². The number of ether oxygens (including phenoxy) is 2. The minimum absolute atomic E-state index is 0.125. The maximum Gasteiger partial charge on any atom is 0.345 e. The number of rotatable bonds is 10. The standard InChI is InChI=1S/C21H29F3N6O2/c1-13-17(10-30(29-13)21(2,3)12-25-4)27-20-26-9-16(22)18(28-20)31-11-14-5-7-15(8-6-14)32-19(23)24/h9-10,14-15,19H,4-8,11-12H2,1-3H3,(H,26,27,28)/t14-,15-. The number of nitrogens with zero attached hydrogens (tertiary/aromatic N) is 5. The van der Waals surface area contributed by atoms with Gasteiger partial charge in [-0.05, 0) is 59.1 Å². The molecule has 0 aromatic carbocycles. The molecule has 1 aliphatic carbocycles. The Bertz CT molecular complexity index is 913. The quantitative estimate of drug-likeness (QED) is 0.533. The molecule has 2 aromatic rings. The summed E-state index contributed by atoms with van der Waals surface area (Å²) in [4.78, 5) is 12.1. The summed E-state index contributed by atoms with van der Waals surface area (Å²) in [5.74, 6) is -0.525. The lowest BCUT2D eigenvalue weighted by molar-refractivity contribution is -0.171. The molecule has 0 aliphatic heterocycles. The van der Waals surface area contributed by atoms with Gasteiger partial charge in [0, 0.05) is 6.20 Å². The number of aryl methyl sites for hydroxylation is 1. The first-order valence-electron chi connectivity index (χ1n) is 10.5. The number of aliphatic imine (C=N–C) groups is 1. The van der Waals surface area contributed by atoms with E-state index in [-0.39, 0.29) is 29.9 Å². The Morgan fingerprint density at radius 2 is 2.03 bits per heavy atom. The Kier molecular flexibility index (Phi) is 7.70. The fraction of sp³-hybridized carbons (Fsp3) is 0.619. The third-order valence-electron chi connectivity index (χ3n) is 5.52. The number of nitrogens with one attached hydrogen (secondary N) is 1. The van der Waals surface area contributed by atoms with Gasteiger partial charge in [-0.15, -0.1) is 0 Å². The van der Waals surface area contributed by atoms with Crippen LogP contribution in [0.2, 0.25) is 0 Å². The van der Waals surface area contributed by atoms with Crippen LogP contribution in [0, 0.1) is 18.7 Å². The van der Waals surface area contributed by atoms with Gasteiger partial charge in [0.05, 0.1) is 42.4 Å². The Morgan fingerprint density at radius 1 is 1.31 bits per heavy atom. The van der Waals surface area contributed by atoms with Crippen LogP contribution in [0.1, 0.15) is 45.2 Å². The minimum atomic E-state index is -2.76. The van der Waals surface area contributed by atoms with E-state index in [2.05, 4.69) is 36.8 Å². The molecule has 0 spiro atoms. The molecule has 176 valence electrons. The molecule has 0 amide bonds. The van der Waals surface area contributed by atoms with Crippen molar-refractivity contribution in [2.45, 2.75) is 64.7 Å². The van der Waals surface area contributed by atoms with Crippen molar-refractivity contribution in [1.82, 2.24) is 19.7 Å². The Hall–Kier alpha value is -2.69.